The smallest absolute Gasteiger partial charge is 0.123 e. The molecule has 19 heavy (non-hydrogen) atoms. The van der Waals surface area contributed by atoms with Crippen LogP contribution in [-0.2, 0) is 6.42 Å². The van der Waals surface area contributed by atoms with Crippen molar-refractivity contribution in [1.82, 2.24) is 0 Å². The van der Waals surface area contributed by atoms with Crippen LogP contribution in [0.5, 0.6) is 0 Å². The minimum absolute atomic E-state index is 0.397. The standard InChI is InChI=1S/C16H23N3/c1-4-13-10-15(17)18-19-16(13)14-7-5-12(6-8-14)9-11(2)3/h5-8,11,13H,4,9-10H2,1-3H3,(H2,17,18). The first-order valence-corrected chi connectivity index (χ1v) is 7.09. The molecule has 3 nitrogen and oxygen atoms in total. The summed E-state index contributed by atoms with van der Waals surface area (Å²) in [6, 6.07) is 8.73. The minimum atomic E-state index is 0.397. The van der Waals surface area contributed by atoms with Crippen molar-refractivity contribution in [3.8, 4) is 0 Å². The number of amidine groups is 1. The summed E-state index contributed by atoms with van der Waals surface area (Å²) in [7, 11) is 0. The van der Waals surface area contributed by atoms with Crippen molar-refractivity contribution < 1.29 is 0 Å². The monoisotopic (exact) mass is 257 g/mol. The van der Waals surface area contributed by atoms with E-state index < -0.39 is 0 Å². The molecule has 0 fully saturated rings. The second-order valence-corrected chi connectivity index (χ2v) is 5.68. The van der Waals surface area contributed by atoms with Gasteiger partial charge in [0.1, 0.15) is 5.84 Å². The summed E-state index contributed by atoms with van der Waals surface area (Å²) in [6.07, 6.45) is 2.99. The molecule has 0 saturated heterocycles. The van der Waals surface area contributed by atoms with Gasteiger partial charge in [0, 0.05) is 12.3 Å². The van der Waals surface area contributed by atoms with Crippen molar-refractivity contribution in [2.75, 3.05) is 0 Å². The largest absolute Gasteiger partial charge is 0.386 e. The number of nitrogens with zero attached hydrogens (tertiary/aromatic N) is 2. The molecule has 1 aromatic carbocycles. The molecule has 0 spiro atoms. The molecular weight excluding hydrogens is 234 g/mol. The van der Waals surface area contributed by atoms with Gasteiger partial charge in [-0.2, -0.15) is 5.10 Å². The highest BCUT2D eigenvalue weighted by Gasteiger charge is 2.21. The van der Waals surface area contributed by atoms with E-state index in [-0.39, 0.29) is 0 Å². The fourth-order valence-corrected chi connectivity index (χ4v) is 2.50. The number of benzene rings is 1. The van der Waals surface area contributed by atoms with E-state index in [0.29, 0.717) is 17.7 Å². The normalized spacial score (nSPS) is 19.3. The maximum atomic E-state index is 5.76. The summed E-state index contributed by atoms with van der Waals surface area (Å²) in [5, 5.41) is 8.34. The second-order valence-electron chi connectivity index (χ2n) is 5.68. The van der Waals surface area contributed by atoms with Gasteiger partial charge in [-0.1, -0.05) is 45.0 Å². The summed E-state index contributed by atoms with van der Waals surface area (Å²) in [6.45, 7) is 6.65. The molecule has 1 aromatic rings. The number of nitrogens with two attached hydrogens (primary N) is 1. The van der Waals surface area contributed by atoms with Crippen LogP contribution in [0.4, 0.5) is 0 Å². The lowest BCUT2D eigenvalue weighted by Gasteiger charge is -2.20. The van der Waals surface area contributed by atoms with E-state index in [1.54, 1.807) is 0 Å². The van der Waals surface area contributed by atoms with Gasteiger partial charge in [-0.25, -0.2) is 0 Å². The van der Waals surface area contributed by atoms with E-state index >= 15 is 0 Å². The first-order valence-electron chi connectivity index (χ1n) is 7.09. The average Bonchev–Trinajstić information content (AvgIpc) is 2.39. The highest BCUT2D eigenvalue weighted by Crippen LogP contribution is 2.21. The minimum Gasteiger partial charge on any atom is -0.386 e. The molecular formula is C16H23N3. The molecule has 1 atom stereocenters. The molecule has 0 aromatic heterocycles. The fraction of sp³-hybridized carbons (Fsp3) is 0.500. The van der Waals surface area contributed by atoms with Crippen molar-refractivity contribution in [3.63, 3.8) is 0 Å². The van der Waals surface area contributed by atoms with E-state index in [1.807, 2.05) is 0 Å². The first-order chi connectivity index (χ1) is 9.10. The highest BCUT2D eigenvalue weighted by atomic mass is 15.2. The molecule has 1 heterocycles. The molecule has 102 valence electrons. The molecule has 1 aliphatic rings. The van der Waals surface area contributed by atoms with Crippen LogP contribution in [0.3, 0.4) is 0 Å². The van der Waals surface area contributed by atoms with Crippen LogP contribution in [0.15, 0.2) is 34.5 Å². The molecule has 1 aliphatic heterocycles. The molecule has 0 aliphatic carbocycles. The Morgan fingerprint density at radius 3 is 2.47 bits per heavy atom. The van der Waals surface area contributed by atoms with Gasteiger partial charge in [-0.3, -0.25) is 0 Å². The Morgan fingerprint density at radius 2 is 1.89 bits per heavy atom. The van der Waals surface area contributed by atoms with E-state index in [2.05, 4.69) is 55.2 Å². The highest BCUT2D eigenvalue weighted by molar-refractivity contribution is 6.05. The first kappa shape index (κ1) is 13.8. The zero-order valence-electron chi connectivity index (χ0n) is 12.1. The third-order valence-electron chi connectivity index (χ3n) is 3.51. The Morgan fingerprint density at radius 1 is 1.21 bits per heavy atom. The van der Waals surface area contributed by atoms with Crippen molar-refractivity contribution >= 4 is 11.5 Å². The zero-order valence-corrected chi connectivity index (χ0v) is 12.1. The predicted molar refractivity (Wildman–Crippen MR) is 81.5 cm³/mol. The summed E-state index contributed by atoms with van der Waals surface area (Å²) in [5.74, 6) is 1.73. The number of hydrogen-bond acceptors (Lipinski definition) is 3. The van der Waals surface area contributed by atoms with E-state index in [1.165, 1.54) is 11.1 Å². The lowest BCUT2D eigenvalue weighted by molar-refractivity contribution is 0.647. The maximum absolute atomic E-state index is 5.76. The van der Waals surface area contributed by atoms with E-state index in [0.717, 1.165) is 25.0 Å². The topological polar surface area (TPSA) is 50.7 Å². The van der Waals surface area contributed by atoms with E-state index in [4.69, 9.17) is 5.73 Å². The molecule has 2 rings (SSSR count). The summed E-state index contributed by atoms with van der Waals surface area (Å²) >= 11 is 0. The second kappa shape index (κ2) is 6.00. The van der Waals surface area contributed by atoms with Crippen LogP contribution >= 0.6 is 0 Å². The number of rotatable bonds is 4. The van der Waals surface area contributed by atoms with Gasteiger partial charge < -0.3 is 5.73 Å². The average molecular weight is 257 g/mol. The third kappa shape index (κ3) is 3.43. The van der Waals surface area contributed by atoms with Crippen molar-refractivity contribution in [3.05, 3.63) is 35.4 Å². The van der Waals surface area contributed by atoms with Crippen molar-refractivity contribution in [1.29, 1.82) is 0 Å². The Balaban J connectivity index is 2.21. The molecule has 2 N–H and O–H groups in total. The van der Waals surface area contributed by atoms with Gasteiger partial charge in [-0.15, -0.1) is 5.10 Å². The van der Waals surface area contributed by atoms with Gasteiger partial charge >= 0.3 is 0 Å². The lowest BCUT2D eigenvalue weighted by Crippen LogP contribution is -2.26. The Bertz CT molecular complexity index is 483. The van der Waals surface area contributed by atoms with Crippen LogP contribution in [-0.4, -0.2) is 11.5 Å². The molecule has 0 amide bonds. The van der Waals surface area contributed by atoms with Gasteiger partial charge in [0.25, 0.3) is 0 Å². The van der Waals surface area contributed by atoms with Gasteiger partial charge in [-0.05, 0) is 29.9 Å². The Kier molecular flexibility index (Phi) is 4.35. The predicted octanol–water partition coefficient (Wildman–Crippen LogP) is 3.38. The molecule has 1 unspecified atom stereocenters. The quantitative estimate of drug-likeness (QED) is 0.883. The van der Waals surface area contributed by atoms with Crippen LogP contribution in [0.1, 0.15) is 44.7 Å². The Hall–Kier alpha value is -1.64. The maximum Gasteiger partial charge on any atom is 0.123 e. The van der Waals surface area contributed by atoms with Gasteiger partial charge in [0.15, 0.2) is 0 Å². The summed E-state index contributed by atoms with van der Waals surface area (Å²) in [5.41, 5.74) is 9.40. The fourth-order valence-electron chi connectivity index (χ4n) is 2.50. The lowest BCUT2D eigenvalue weighted by atomic mass is 9.89. The number of hydrogen-bond donors (Lipinski definition) is 1. The summed E-state index contributed by atoms with van der Waals surface area (Å²) in [4.78, 5) is 0. The zero-order chi connectivity index (χ0) is 13.8. The third-order valence-corrected chi connectivity index (χ3v) is 3.51. The molecule has 0 radical (unpaired) electrons. The molecule has 0 bridgehead atoms. The van der Waals surface area contributed by atoms with Gasteiger partial charge in [0.05, 0.1) is 5.71 Å². The van der Waals surface area contributed by atoms with Crippen molar-refractivity contribution in [2.24, 2.45) is 27.8 Å². The Labute approximate surface area is 115 Å². The molecule has 0 saturated carbocycles. The molecule has 3 heteroatoms. The van der Waals surface area contributed by atoms with Crippen LogP contribution in [0.2, 0.25) is 0 Å². The summed E-state index contributed by atoms with van der Waals surface area (Å²) < 4.78 is 0. The van der Waals surface area contributed by atoms with Crippen molar-refractivity contribution in [2.45, 2.75) is 40.0 Å². The van der Waals surface area contributed by atoms with Crippen LogP contribution in [0, 0.1) is 11.8 Å². The van der Waals surface area contributed by atoms with Gasteiger partial charge in [0.2, 0.25) is 0 Å². The SMILES string of the molecule is CCC1CC(N)=NN=C1c1ccc(CC(C)C)cc1. The van der Waals surface area contributed by atoms with E-state index in [9.17, 15) is 0 Å². The van der Waals surface area contributed by atoms with Crippen LogP contribution in [0.25, 0.3) is 0 Å². The van der Waals surface area contributed by atoms with Crippen LogP contribution < -0.4 is 5.73 Å².